The van der Waals surface area contributed by atoms with Crippen LogP contribution in [0.4, 0.5) is 0 Å². The molecule has 1 aliphatic rings. The van der Waals surface area contributed by atoms with E-state index in [9.17, 15) is 9.59 Å². The Morgan fingerprint density at radius 3 is 2.75 bits per heavy atom. The molecule has 0 saturated carbocycles. The highest BCUT2D eigenvalue weighted by molar-refractivity contribution is 7.09. The first-order valence-corrected chi connectivity index (χ1v) is 8.93. The number of carbonyl (C=O) groups is 1. The zero-order chi connectivity index (χ0) is 17.3. The van der Waals surface area contributed by atoms with Gasteiger partial charge >= 0.3 is 4.87 Å². The van der Waals surface area contributed by atoms with Crippen molar-refractivity contribution in [2.75, 3.05) is 13.7 Å². The molecule has 6 heteroatoms. The lowest BCUT2D eigenvalue weighted by atomic mass is 10.0. The van der Waals surface area contributed by atoms with Crippen molar-refractivity contribution in [3.05, 3.63) is 50.1 Å². The Labute approximate surface area is 145 Å². The second-order valence-electron chi connectivity index (χ2n) is 6.08. The first-order chi connectivity index (χ1) is 11.5. The molecule has 1 saturated heterocycles. The van der Waals surface area contributed by atoms with Crippen LogP contribution in [0.3, 0.4) is 0 Å². The van der Waals surface area contributed by atoms with Crippen molar-refractivity contribution in [3.63, 3.8) is 0 Å². The van der Waals surface area contributed by atoms with E-state index in [2.05, 4.69) is 0 Å². The topological polar surface area (TPSA) is 51.5 Å². The lowest BCUT2D eigenvalue weighted by molar-refractivity contribution is -0.132. The number of thiazole rings is 1. The van der Waals surface area contributed by atoms with Crippen molar-refractivity contribution in [3.8, 4) is 5.75 Å². The number of benzene rings is 1. The predicted molar refractivity (Wildman–Crippen MR) is 94.7 cm³/mol. The Morgan fingerprint density at radius 2 is 2.08 bits per heavy atom. The Kier molecular flexibility index (Phi) is 4.76. The van der Waals surface area contributed by atoms with Gasteiger partial charge in [-0.2, -0.15) is 0 Å². The van der Waals surface area contributed by atoms with Crippen LogP contribution >= 0.6 is 11.3 Å². The smallest absolute Gasteiger partial charge is 0.308 e. The van der Waals surface area contributed by atoms with E-state index in [-0.39, 0.29) is 23.4 Å². The summed E-state index contributed by atoms with van der Waals surface area (Å²) in [6.45, 7) is 4.64. The molecule has 1 aromatic heterocycles. The lowest BCUT2D eigenvalue weighted by Crippen LogP contribution is -2.35. The molecule has 2 heterocycles. The van der Waals surface area contributed by atoms with Gasteiger partial charge in [-0.3, -0.25) is 14.2 Å². The highest BCUT2D eigenvalue weighted by atomic mass is 32.1. The number of amides is 1. The summed E-state index contributed by atoms with van der Waals surface area (Å²) in [5.74, 6) is 0.799. The molecule has 1 fully saturated rings. The van der Waals surface area contributed by atoms with Gasteiger partial charge in [0.25, 0.3) is 0 Å². The van der Waals surface area contributed by atoms with Gasteiger partial charge in [0.1, 0.15) is 12.3 Å². The van der Waals surface area contributed by atoms with Crippen LogP contribution in [0.2, 0.25) is 0 Å². The van der Waals surface area contributed by atoms with Crippen molar-refractivity contribution >= 4 is 17.2 Å². The van der Waals surface area contributed by atoms with Gasteiger partial charge in [-0.05, 0) is 32.8 Å². The minimum atomic E-state index is -0.0635. The molecule has 5 nitrogen and oxygen atoms in total. The summed E-state index contributed by atoms with van der Waals surface area (Å²) in [6.07, 6.45) is 1.88. The van der Waals surface area contributed by atoms with Crippen LogP contribution in [0.25, 0.3) is 0 Å². The molecular weight excluding hydrogens is 324 g/mol. The number of para-hydroxylation sites is 1. The number of carbonyl (C=O) groups excluding carboxylic acids is 1. The van der Waals surface area contributed by atoms with E-state index >= 15 is 0 Å². The second kappa shape index (κ2) is 6.81. The number of hydrogen-bond donors (Lipinski definition) is 0. The Balaban J connectivity index is 1.85. The van der Waals surface area contributed by atoms with E-state index < -0.39 is 0 Å². The monoisotopic (exact) mass is 346 g/mol. The first kappa shape index (κ1) is 16.8. The highest BCUT2D eigenvalue weighted by Crippen LogP contribution is 2.37. The minimum absolute atomic E-state index is 0.00796. The average molecular weight is 346 g/mol. The standard InChI is InChI=1S/C18H22N2O3S/c1-12-13(2)24-18(22)20(12)11-17(21)19-10-6-8-15(19)14-7-4-5-9-16(14)23-3/h4-5,7,9,15H,6,8,10-11H2,1-3H3. The van der Waals surface area contributed by atoms with E-state index in [1.54, 1.807) is 11.7 Å². The molecule has 0 bridgehead atoms. The highest BCUT2D eigenvalue weighted by Gasteiger charge is 2.32. The number of aryl methyl sites for hydroxylation is 1. The van der Waals surface area contributed by atoms with Gasteiger partial charge in [0.2, 0.25) is 5.91 Å². The molecule has 1 unspecified atom stereocenters. The molecule has 0 aliphatic carbocycles. The quantitative estimate of drug-likeness (QED) is 0.855. The molecule has 0 N–H and O–H groups in total. The van der Waals surface area contributed by atoms with Crippen molar-refractivity contribution in [2.45, 2.75) is 39.3 Å². The third-order valence-corrected chi connectivity index (χ3v) is 5.74. The first-order valence-electron chi connectivity index (χ1n) is 8.12. The third kappa shape index (κ3) is 2.98. The number of nitrogens with zero attached hydrogens (tertiary/aromatic N) is 2. The maximum Gasteiger partial charge on any atom is 0.308 e. The molecule has 1 aliphatic heterocycles. The van der Waals surface area contributed by atoms with E-state index in [0.29, 0.717) is 0 Å². The van der Waals surface area contributed by atoms with Gasteiger partial charge in [0.15, 0.2) is 0 Å². The van der Waals surface area contributed by atoms with Crippen molar-refractivity contribution in [2.24, 2.45) is 0 Å². The molecule has 1 atom stereocenters. The van der Waals surface area contributed by atoms with Gasteiger partial charge < -0.3 is 9.64 Å². The summed E-state index contributed by atoms with van der Waals surface area (Å²) in [5, 5.41) is 0. The lowest BCUT2D eigenvalue weighted by Gasteiger charge is -2.26. The normalized spacial score (nSPS) is 17.3. The fraction of sp³-hybridized carbons (Fsp3) is 0.444. The van der Waals surface area contributed by atoms with Crippen molar-refractivity contribution < 1.29 is 9.53 Å². The van der Waals surface area contributed by atoms with E-state index in [4.69, 9.17) is 4.74 Å². The minimum Gasteiger partial charge on any atom is -0.496 e. The van der Waals surface area contributed by atoms with E-state index in [0.717, 1.165) is 41.3 Å². The summed E-state index contributed by atoms with van der Waals surface area (Å²) >= 11 is 1.20. The maximum absolute atomic E-state index is 12.8. The van der Waals surface area contributed by atoms with Crippen LogP contribution in [0.15, 0.2) is 29.1 Å². The summed E-state index contributed by atoms with van der Waals surface area (Å²) in [4.78, 5) is 27.7. The summed E-state index contributed by atoms with van der Waals surface area (Å²) in [5.41, 5.74) is 1.92. The fourth-order valence-corrected chi connectivity index (χ4v) is 4.16. The van der Waals surface area contributed by atoms with Gasteiger partial charge in [-0.15, -0.1) is 0 Å². The molecule has 1 aromatic carbocycles. The van der Waals surface area contributed by atoms with E-state index in [1.807, 2.05) is 43.0 Å². The van der Waals surface area contributed by atoms with Crippen LogP contribution in [-0.4, -0.2) is 29.0 Å². The second-order valence-corrected chi connectivity index (χ2v) is 7.25. The molecule has 2 aromatic rings. The molecule has 0 spiro atoms. The van der Waals surface area contributed by atoms with Crippen LogP contribution < -0.4 is 9.61 Å². The van der Waals surface area contributed by atoms with Crippen LogP contribution in [-0.2, 0) is 11.3 Å². The number of hydrogen-bond acceptors (Lipinski definition) is 4. The third-order valence-electron chi connectivity index (χ3n) is 4.74. The van der Waals surface area contributed by atoms with Gasteiger partial charge in [-0.25, -0.2) is 0 Å². The zero-order valence-electron chi connectivity index (χ0n) is 14.2. The Morgan fingerprint density at radius 1 is 1.33 bits per heavy atom. The van der Waals surface area contributed by atoms with Crippen molar-refractivity contribution in [1.82, 2.24) is 9.47 Å². The SMILES string of the molecule is COc1ccccc1C1CCCN1C(=O)Cn1c(C)c(C)sc1=O. The summed E-state index contributed by atoms with van der Waals surface area (Å²) in [7, 11) is 1.65. The van der Waals surface area contributed by atoms with E-state index in [1.165, 1.54) is 11.3 Å². The molecule has 1 amide bonds. The van der Waals surface area contributed by atoms with Gasteiger partial charge in [0, 0.05) is 22.7 Å². The van der Waals surface area contributed by atoms with Crippen molar-refractivity contribution in [1.29, 1.82) is 0 Å². The average Bonchev–Trinajstić information content (AvgIpc) is 3.15. The molecule has 0 radical (unpaired) electrons. The summed E-state index contributed by atoms with van der Waals surface area (Å²) in [6, 6.07) is 7.86. The summed E-state index contributed by atoms with van der Waals surface area (Å²) < 4.78 is 7.04. The number of likely N-dealkylation sites (tertiary alicyclic amines) is 1. The zero-order valence-corrected chi connectivity index (χ0v) is 15.1. The number of aromatic nitrogens is 1. The number of methoxy groups -OCH3 is 1. The molecule has 128 valence electrons. The van der Waals surface area contributed by atoms with Gasteiger partial charge in [0.05, 0.1) is 13.2 Å². The van der Waals surface area contributed by atoms with Crippen LogP contribution in [0.5, 0.6) is 5.75 Å². The maximum atomic E-state index is 12.8. The fourth-order valence-electron chi connectivity index (χ4n) is 3.33. The predicted octanol–water partition coefficient (Wildman–Crippen LogP) is 2.90. The Hall–Kier alpha value is -2.08. The molecular formula is C18H22N2O3S. The molecule has 3 rings (SSSR count). The number of rotatable bonds is 4. The van der Waals surface area contributed by atoms with Gasteiger partial charge in [-0.1, -0.05) is 29.5 Å². The largest absolute Gasteiger partial charge is 0.496 e. The van der Waals surface area contributed by atoms with Crippen LogP contribution in [0.1, 0.15) is 35.0 Å². The Bertz CT molecular complexity index is 809. The number of ether oxygens (including phenoxy) is 1. The molecule has 24 heavy (non-hydrogen) atoms. The van der Waals surface area contributed by atoms with Crippen LogP contribution in [0, 0.1) is 13.8 Å².